The molecule has 1 atom stereocenters. The highest BCUT2D eigenvalue weighted by molar-refractivity contribution is 4.95. The highest BCUT2D eigenvalue weighted by atomic mass is 14.9. The highest BCUT2D eigenvalue weighted by Gasteiger charge is 2.19. The van der Waals surface area contributed by atoms with Crippen LogP contribution in [-0.4, -0.2) is 9.97 Å². The van der Waals surface area contributed by atoms with Crippen molar-refractivity contribution >= 4 is 0 Å². The molecule has 0 aromatic carbocycles. The van der Waals surface area contributed by atoms with Crippen LogP contribution in [0.5, 0.6) is 0 Å². The van der Waals surface area contributed by atoms with E-state index in [4.69, 9.17) is 5.73 Å². The van der Waals surface area contributed by atoms with E-state index in [1.807, 2.05) is 6.07 Å². The Bertz CT molecular complexity index is 267. The molecule has 1 aliphatic carbocycles. The first kappa shape index (κ1) is 9.59. The second-order valence-corrected chi connectivity index (χ2v) is 4.10. The molecule has 1 heterocycles. The smallest absolute Gasteiger partial charge is 0.144 e. The van der Waals surface area contributed by atoms with Crippen molar-refractivity contribution in [2.24, 2.45) is 11.7 Å². The Kier molecular flexibility index (Phi) is 3.09. The molecule has 0 unspecified atom stereocenters. The van der Waals surface area contributed by atoms with Gasteiger partial charge in [0.1, 0.15) is 5.82 Å². The monoisotopic (exact) mass is 191 g/mol. The molecule has 0 amide bonds. The third-order valence-corrected chi connectivity index (χ3v) is 2.98. The zero-order chi connectivity index (χ0) is 9.80. The molecule has 0 spiro atoms. The summed E-state index contributed by atoms with van der Waals surface area (Å²) in [4.78, 5) is 8.37. The Morgan fingerprint density at radius 3 is 2.57 bits per heavy atom. The molecule has 3 nitrogen and oxygen atoms in total. The summed E-state index contributed by atoms with van der Waals surface area (Å²) in [6, 6.07) is 1.85. The number of aromatic nitrogens is 2. The van der Waals surface area contributed by atoms with Gasteiger partial charge in [-0.15, -0.1) is 0 Å². The van der Waals surface area contributed by atoms with E-state index < -0.39 is 0 Å². The minimum absolute atomic E-state index is 0.0271. The molecule has 1 saturated carbocycles. The number of rotatable bonds is 3. The van der Waals surface area contributed by atoms with Gasteiger partial charge in [-0.05, 0) is 18.4 Å². The highest BCUT2D eigenvalue weighted by Crippen LogP contribution is 2.30. The van der Waals surface area contributed by atoms with E-state index in [-0.39, 0.29) is 6.04 Å². The second-order valence-electron chi connectivity index (χ2n) is 4.10. The zero-order valence-corrected chi connectivity index (χ0v) is 8.39. The molecule has 2 N–H and O–H groups in total. The normalized spacial score (nSPS) is 19.8. The maximum atomic E-state index is 6.05. The van der Waals surface area contributed by atoms with Crippen molar-refractivity contribution in [1.82, 2.24) is 9.97 Å². The van der Waals surface area contributed by atoms with Gasteiger partial charge < -0.3 is 5.73 Å². The quantitative estimate of drug-likeness (QED) is 0.795. The zero-order valence-electron chi connectivity index (χ0n) is 8.39. The Hall–Kier alpha value is -0.960. The summed E-state index contributed by atoms with van der Waals surface area (Å²) >= 11 is 0. The first-order valence-electron chi connectivity index (χ1n) is 5.39. The third-order valence-electron chi connectivity index (χ3n) is 2.98. The standard InChI is InChI=1S/C11H17N3/c12-10(8-9-4-1-2-5-9)11-13-6-3-7-14-11/h3,6-7,9-10H,1-2,4-5,8,12H2/t10-/m1/s1. The summed E-state index contributed by atoms with van der Waals surface area (Å²) in [5, 5.41) is 0. The summed E-state index contributed by atoms with van der Waals surface area (Å²) in [6.07, 6.45) is 9.97. The predicted molar refractivity (Wildman–Crippen MR) is 55.5 cm³/mol. The fraction of sp³-hybridized carbons (Fsp3) is 0.636. The van der Waals surface area contributed by atoms with Gasteiger partial charge in [-0.2, -0.15) is 0 Å². The summed E-state index contributed by atoms with van der Waals surface area (Å²) in [5.74, 6) is 1.59. The molecule has 0 bridgehead atoms. The van der Waals surface area contributed by atoms with Crippen molar-refractivity contribution in [1.29, 1.82) is 0 Å². The number of hydrogen-bond acceptors (Lipinski definition) is 3. The molecular weight excluding hydrogens is 174 g/mol. The lowest BCUT2D eigenvalue weighted by Crippen LogP contribution is -2.16. The van der Waals surface area contributed by atoms with Crippen LogP contribution in [-0.2, 0) is 0 Å². The van der Waals surface area contributed by atoms with Crippen LogP contribution in [0.2, 0.25) is 0 Å². The fourth-order valence-corrected chi connectivity index (χ4v) is 2.21. The van der Waals surface area contributed by atoms with Gasteiger partial charge in [0.25, 0.3) is 0 Å². The molecule has 1 aromatic heterocycles. The summed E-state index contributed by atoms with van der Waals surface area (Å²) in [7, 11) is 0. The van der Waals surface area contributed by atoms with Gasteiger partial charge >= 0.3 is 0 Å². The largest absolute Gasteiger partial charge is 0.321 e. The molecule has 1 aromatic rings. The molecule has 3 heteroatoms. The van der Waals surface area contributed by atoms with Gasteiger partial charge in [0.2, 0.25) is 0 Å². The third kappa shape index (κ3) is 2.29. The van der Waals surface area contributed by atoms with Crippen LogP contribution in [0.3, 0.4) is 0 Å². The Morgan fingerprint density at radius 2 is 1.93 bits per heavy atom. The molecule has 76 valence electrons. The lowest BCUT2D eigenvalue weighted by Gasteiger charge is -2.14. The molecule has 0 saturated heterocycles. The van der Waals surface area contributed by atoms with E-state index in [1.165, 1.54) is 25.7 Å². The van der Waals surface area contributed by atoms with Crippen molar-refractivity contribution in [2.45, 2.75) is 38.1 Å². The first-order chi connectivity index (χ1) is 6.86. The lowest BCUT2D eigenvalue weighted by molar-refractivity contribution is 0.439. The minimum atomic E-state index is 0.0271. The van der Waals surface area contributed by atoms with E-state index >= 15 is 0 Å². The van der Waals surface area contributed by atoms with Gasteiger partial charge in [0.15, 0.2) is 0 Å². The molecule has 0 radical (unpaired) electrons. The van der Waals surface area contributed by atoms with Crippen LogP contribution in [0, 0.1) is 5.92 Å². The SMILES string of the molecule is N[C@H](CC1CCCC1)c1ncccn1. The first-order valence-corrected chi connectivity index (χ1v) is 5.39. The molecule has 14 heavy (non-hydrogen) atoms. The maximum absolute atomic E-state index is 6.05. The molecule has 2 rings (SSSR count). The number of nitrogens with two attached hydrogens (primary N) is 1. The summed E-state index contributed by atoms with van der Waals surface area (Å²) in [6.45, 7) is 0. The van der Waals surface area contributed by atoms with E-state index in [9.17, 15) is 0 Å². The van der Waals surface area contributed by atoms with E-state index in [0.29, 0.717) is 0 Å². The minimum Gasteiger partial charge on any atom is -0.321 e. The van der Waals surface area contributed by atoms with E-state index in [2.05, 4.69) is 9.97 Å². The van der Waals surface area contributed by atoms with Gasteiger partial charge in [0.05, 0.1) is 6.04 Å². The van der Waals surface area contributed by atoms with Crippen LogP contribution in [0.15, 0.2) is 18.5 Å². The molecule has 1 aliphatic rings. The Morgan fingerprint density at radius 1 is 1.29 bits per heavy atom. The van der Waals surface area contributed by atoms with Gasteiger partial charge in [0, 0.05) is 12.4 Å². The Labute approximate surface area is 84.8 Å². The van der Waals surface area contributed by atoms with E-state index in [1.54, 1.807) is 12.4 Å². The second kappa shape index (κ2) is 4.51. The van der Waals surface area contributed by atoms with Crippen LogP contribution >= 0.6 is 0 Å². The van der Waals surface area contributed by atoms with Gasteiger partial charge in [-0.3, -0.25) is 0 Å². The van der Waals surface area contributed by atoms with Crippen LogP contribution in [0.25, 0.3) is 0 Å². The maximum Gasteiger partial charge on any atom is 0.144 e. The van der Waals surface area contributed by atoms with Crippen molar-refractivity contribution in [3.63, 3.8) is 0 Å². The molecule has 1 fully saturated rings. The summed E-state index contributed by atoms with van der Waals surface area (Å²) in [5.41, 5.74) is 6.05. The van der Waals surface area contributed by atoms with Crippen molar-refractivity contribution in [2.75, 3.05) is 0 Å². The lowest BCUT2D eigenvalue weighted by atomic mass is 9.98. The van der Waals surface area contributed by atoms with Gasteiger partial charge in [-0.25, -0.2) is 9.97 Å². The molecule has 0 aliphatic heterocycles. The topological polar surface area (TPSA) is 51.8 Å². The fourth-order valence-electron chi connectivity index (χ4n) is 2.21. The average molecular weight is 191 g/mol. The van der Waals surface area contributed by atoms with Crippen LogP contribution in [0.4, 0.5) is 0 Å². The van der Waals surface area contributed by atoms with Gasteiger partial charge in [-0.1, -0.05) is 25.7 Å². The van der Waals surface area contributed by atoms with Crippen LogP contribution in [0.1, 0.15) is 44.0 Å². The Balaban J connectivity index is 1.92. The summed E-state index contributed by atoms with van der Waals surface area (Å²) < 4.78 is 0. The van der Waals surface area contributed by atoms with Crippen molar-refractivity contribution in [3.8, 4) is 0 Å². The predicted octanol–water partition coefficient (Wildman–Crippen LogP) is 2.06. The van der Waals surface area contributed by atoms with E-state index in [0.717, 1.165) is 18.2 Å². The van der Waals surface area contributed by atoms with Crippen molar-refractivity contribution < 1.29 is 0 Å². The van der Waals surface area contributed by atoms with Crippen molar-refractivity contribution in [3.05, 3.63) is 24.3 Å². The van der Waals surface area contributed by atoms with Crippen LogP contribution < -0.4 is 5.73 Å². The molecular formula is C11H17N3. The number of hydrogen-bond donors (Lipinski definition) is 1. The number of nitrogens with zero attached hydrogens (tertiary/aromatic N) is 2. The average Bonchev–Trinajstić information content (AvgIpc) is 2.72.